The van der Waals surface area contributed by atoms with Gasteiger partial charge in [0.05, 0.1) is 22.8 Å². The molecule has 3 rings (SSSR count). The van der Waals surface area contributed by atoms with Gasteiger partial charge < -0.3 is 5.11 Å². The van der Waals surface area contributed by atoms with Crippen LogP contribution in [0.1, 0.15) is 5.56 Å². The molecule has 17 heavy (non-hydrogen) atoms. The molecule has 0 aliphatic rings. The maximum absolute atomic E-state index is 9.72. The third kappa shape index (κ3) is 1.56. The molecule has 0 aliphatic carbocycles. The first-order valence-corrected chi connectivity index (χ1v) is 5.48. The Bertz CT molecular complexity index is 668. The van der Waals surface area contributed by atoms with E-state index in [2.05, 4.69) is 12.0 Å². The van der Waals surface area contributed by atoms with Crippen LogP contribution in [0.5, 0.6) is 5.75 Å². The number of aryl methyl sites for hydroxylation is 1. The third-order valence-electron chi connectivity index (χ3n) is 2.87. The number of phenols is 1. The van der Waals surface area contributed by atoms with Gasteiger partial charge in [0.25, 0.3) is 0 Å². The molecule has 1 N–H and O–H groups in total. The van der Waals surface area contributed by atoms with Crippen LogP contribution in [-0.2, 0) is 0 Å². The average Bonchev–Trinajstić information content (AvgIpc) is 2.75. The smallest absolute Gasteiger partial charge is 0.126 e. The fourth-order valence-corrected chi connectivity index (χ4v) is 1.93. The third-order valence-corrected chi connectivity index (χ3v) is 2.87. The molecule has 0 radical (unpaired) electrons. The lowest BCUT2D eigenvalue weighted by Crippen LogP contribution is -1.95. The maximum atomic E-state index is 9.72. The van der Waals surface area contributed by atoms with Crippen molar-refractivity contribution in [1.82, 2.24) is 9.78 Å². The lowest BCUT2D eigenvalue weighted by Gasteiger charge is -2.04. The molecular formula is C14H12N2O. The Morgan fingerprint density at radius 1 is 1.06 bits per heavy atom. The number of rotatable bonds is 1. The Hall–Kier alpha value is -2.29. The Morgan fingerprint density at radius 2 is 1.82 bits per heavy atom. The highest BCUT2D eigenvalue weighted by Gasteiger charge is 2.06. The minimum atomic E-state index is 0.265. The molecule has 0 fully saturated rings. The highest BCUT2D eigenvalue weighted by atomic mass is 16.3. The fourth-order valence-electron chi connectivity index (χ4n) is 1.93. The largest absolute Gasteiger partial charge is 0.507 e. The summed E-state index contributed by atoms with van der Waals surface area (Å²) in [5, 5.41) is 14.8. The predicted octanol–water partition coefficient (Wildman–Crippen LogP) is 3.04. The van der Waals surface area contributed by atoms with Gasteiger partial charge in [-0.15, -0.1) is 0 Å². The van der Waals surface area contributed by atoms with Gasteiger partial charge in [0.15, 0.2) is 0 Å². The molecule has 84 valence electrons. The maximum Gasteiger partial charge on any atom is 0.126 e. The van der Waals surface area contributed by atoms with Crippen LogP contribution < -0.4 is 0 Å². The molecule has 0 saturated heterocycles. The summed E-state index contributed by atoms with van der Waals surface area (Å²) < 4.78 is 1.83. The van der Waals surface area contributed by atoms with E-state index in [0.717, 1.165) is 16.6 Å². The van der Waals surface area contributed by atoms with Crippen LogP contribution in [0.3, 0.4) is 0 Å². The van der Waals surface area contributed by atoms with E-state index in [4.69, 9.17) is 0 Å². The molecule has 3 nitrogen and oxygen atoms in total. The van der Waals surface area contributed by atoms with E-state index in [1.165, 1.54) is 5.56 Å². The molecule has 2 aromatic carbocycles. The molecule has 1 heterocycles. The highest BCUT2D eigenvalue weighted by Crippen LogP contribution is 2.25. The van der Waals surface area contributed by atoms with Gasteiger partial charge in [-0.25, -0.2) is 4.68 Å². The molecule has 0 amide bonds. The minimum Gasteiger partial charge on any atom is -0.507 e. The Labute approximate surface area is 98.9 Å². The summed E-state index contributed by atoms with van der Waals surface area (Å²) in [5.41, 5.74) is 3.12. The van der Waals surface area contributed by atoms with E-state index >= 15 is 0 Å². The first kappa shape index (κ1) is 9.90. The van der Waals surface area contributed by atoms with Crippen molar-refractivity contribution in [2.24, 2.45) is 0 Å². The molecule has 3 aromatic rings. The Balaban J connectivity index is 2.24. The topological polar surface area (TPSA) is 38.0 Å². The Morgan fingerprint density at radius 3 is 2.59 bits per heavy atom. The van der Waals surface area contributed by atoms with Crippen molar-refractivity contribution in [2.45, 2.75) is 6.92 Å². The first-order valence-electron chi connectivity index (χ1n) is 5.48. The van der Waals surface area contributed by atoms with Gasteiger partial charge >= 0.3 is 0 Å². The number of nitrogens with zero attached hydrogens (tertiary/aromatic N) is 2. The van der Waals surface area contributed by atoms with Crippen molar-refractivity contribution in [2.75, 3.05) is 0 Å². The van der Waals surface area contributed by atoms with Gasteiger partial charge in [-0.1, -0.05) is 23.8 Å². The zero-order valence-corrected chi connectivity index (χ0v) is 9.46. The normalized spacial score (nSPS) is 10.9. The van der Waals surface area contributed by atoms with Crippen molar-refractivity contribution in [3.05, 3.63) is 54.2 Å². The number of fused-ring (bicyclic) bond motifs is 1. The van der Waals surface area contributed by atoms with Gasteiger partial charge in [-0.3, -0.25) is 0 Å². The van der Waals surface area contributed by atoms with Crippen molar-refractivity contribution in [3.8, 4) is 11.4 Å². The summed E-state index contributed by atoms with van der Waals surface area (Å²) in [5.74, 6) is 0.265. The molecule has 0 atom stereocenters. The van der Waals surface area contributed by atoms with Crippen molar-refractivity contribution in [1.29, 1.82) is 0 Å². The SMILES string of the molecule is Cc1ccc(-n2ncc3c(O)cccc32)cc1. The van der Waals surface area contributed by atoms with E-state index in [9.17, 15) is 5.11 Å². The lowest BCUT2D eigenvalue weighted by atomic mass is 10.2. The van der Waals surface area contributed by atoms with E-state index in [1.54, 1.807) is 12.3 Å². The van der Waals surface area contributed by atoms with Gasteiger partial charge in [0.2, 0.25) is 0 Å². The summed E-state index contributed by atoms with van der Waals surface area (Å²) in [6, 6.07) is 13.6. The fraction of sp³-hybridized carbons (Fsp3) is 0.0714. The summed E-state index contributed by atoms with van der Waals surface area (Å²) in [4.78, 5) is 0. The predicted molar refractivity (Wildman–Crippen MR) is 67.5 cm³/mol. The number of aromatic nitrogens is 2. The summed E-state index contributed by atoms with van der Waals surface area (Å²) in [6.07, 6.45) is 1.69. The molecule has 0 bridgehead atoms. The van der Waals surface area contributed by atoms with Crippen molar-refractivity contribution >= 4 is 10.9 Å². The highest BCUT2D eigenvalue weighted by molar-refractivity contribution is 5.85. The van der Waals surface area contributed by atoms with E-state index in [-0.39, 0.29) is 5.75 Å². The molecule has 3 heteroatoms. The van der Waals surface area contributed by atoms with E-state index in [1.807, 2.05) is 41.1 Å². The summed E-state index contributed by atoms with van der Waals surface area (Å²) in [6.45, 7) is 2.05. The Kier molecular flexibility index (Phi) is 2.11. The van der Waals surface area contributed by atoms with Crippen molar-refractivity contribution < 1.29 is 5.11 Å². The second-order valence-corrected chi connectivity index (χ2v) is 4.10. The number of aromatic hydroxyl groups is 1. The van der Waals surface area contributed by atoms with Gasteiger partial charge in [0, 0.05) is 0 Å². The number of phenolic OH excluding ortho intramolecular Hbond substituents is 1. The molecule has 0 aliphatic heterocycles. The number of hydrogen-bond donors (Lipinski definition) is 1. The van der Waals surface area contributed by atoms with Gasteiger partial charge in [0.1, 0.15) is 5.75 Å². The van der Waals surface area contributed by atoms with Crippen LogP contribution >= 0.6 is 0 Å². The zero-order valence-electron chi connectivity index (χ0n) is 9.46. The van der Waals surface area contributed by atoms with Crippen LogP contribution in [0.4, 0.5) is 0 Å². The zero-order chi connectivity index (χ0) is 11.8. The van der Waals surface area contributed by atoms with Crippen molar-refractivity contribution in [3.63, 3.8) is 0 Å². The first-order chi connectivity index (χ1) is 8.25. The second-order valence-electron chi connectivity index (χ2n) is 4.10. The summed E-state index contributed by atoms with van der Waals surface area (Å²) >= 11 is 0. The van der Waals surface area contributed by atoms with Crippen LogP contribution in [0.25, 0.3) is 16.6 Å². The molecule has 0 spiro atoms. The average molecular weight is 224 g/mol. The van der Waals surface area contributed by atoms with Crippen LogP contribution in [0.2, 0.25) is 0 Å². The van der Waals surface area contributed by atoms with Crippen LogP contribution in [0.15, 0.2) is 48.7 Å². The second kappa shape index (κ2) is 3.63. The molecule has 1 aromatic heterocycles. The van der Waals surface area contributed by atoms with Crippen LogP contribution in [0, 0.1) is 6.92 Å². The number of hydrogen-bond acceptors (Lipinski definition) is 2. The molecular weight excluding hydrogens is 212 g/mol. The molecule has 0 saturated carbocycles. The van der Waals surface area contributed by atoms with E-state index in [0.29, 0.717) is 0 Å². The van der Waals surface area contributed by atoms with Crippen LogP contribution in [-0.4, -0.2) is 14.9 Å². The van der Waals surface area contributed by atoms with Gasteiger partial charge in [-0.05, 0) is 31.2 Å². The monoisotopic (exact) mass is 224 g/mol. The lowest BCUT2D eigenvalue weighted by molar-refractivity contribution is 0.481. The number of benzene rings is 2. The molecule has 0 unspecified atom stereocenters. The standard InChI is InChI=1S/C14H12N2O/c1-10-5-7-11(8-6-10)16-13-3-2-4-14(17)12(13)9-15-16/h2-9,17H,1H3. The van der Waals surface area contributed by atoms with Gasteiger partial charge in [-0.2, -0.15) is 5.10 Å². The summed E-state index contributed by atoms with van der Waals surface area (Å²) in [7, 11) is 0. The minimum absolute atomic E-state index is 0.265. The quantitative estimate of drug-likeness (QED) is 0.690. The van der Waals surface area contributed by atoms with E-state index < -0.39 is 0 Å².